The summed E-state index contributed by atoms with van der Waals surface area (Å²) in [6.45, 7) is 0.799. The van der Waals surface area contributed by atoms with Crippen molar-refractivity contribution in [3.05, 3.63) is 46.7 Å². The summed E-state index contributed by atoms with van der Waals surface area (Å²) in [5.74, 6) is 0. The number of aromatic nitrogens is 2. The van der Waals surface area contributed by atoms with Gasteiger partial charge in [0.2, 0.25) is 0 Å². The van der Waals surface area contributed by atoms with Crippen molar-refractivity contribution in [1.29, 1.82) is 0 Å². The molecule has 3 nitrogen and oxygen atoms in total. The lowest BCUT2D eigenvalue weighted by molar-refractivity contribution is 0.768. The summed E-state index contributed by atoms with van der Waals surface area (Å²) in [7, 11) is 1.91. The minimum atomic E-state index is 0.799. The molecule has 0 aliphatic heterocycles. The van der Waals surface area contributed by atoms with Gasteiger partial charge in [-0.05, 0) is 11.6 Å². The average Bonchev–Trinajstić information content (AvgIpc) is 2.63. The van der Waals surface area contributed by atoms with Crippen LogP contribution < -0.4 is 5.32 Å². The van der Waals surface area contributed by atoms with Gasteiger partial charge in [-0.2, -0.15) is 5.10 Å². The molecule has 1 N–H and O–H groups in total. The van der Waals surface area contributed by atoms with E-state index in [0.29, 0.717) is 0 Å². The summed E-state index contributed by atoms with van der Waals surface area (Å²) in [6, 6.07) is 8.18. The molecule has 0 amide bonds. The number of anilines is 1. The van der Waals surface area contributed by atoms with Gasteiger partial charge >= 0.3 is 0 Å². The van der Waals surface area contributed by atoms with Gasteiger partial charge in [0, 0.05) is 24.3 Å². The third-order valence-corrected chi connectivity index (χ3v) is 2.92. The summed E-state index contributed by atoms with van der Waals surface area (Å²) in [6.07, 6.45) is 3.77. The smallest absolute Gasteiger partial charge is 0.0729 e. The molecule has 2 rings (SSSR count). The first-order valence-corrected chi connectivity index (χ1v) is 5.51. The topological polar surface area (TPSA) is 29.9 Å². The molecular weight excluding hydrogens is 254 g/mol. The monoisotopic (exact) mass is 265 g/mol. The maximum Gasteiger partial charge on any atom is 0.0729 e. The molecule has 0 unspecified atom stereocenters. The van der Waals surface area contributed by atoms with Gasteiger partial charge in [0.15, 0.2) is 0 Å². The van der Waals surface area contributed by atoms with Crippen LogP contribution in [-0.4, -0.2) is 9.78 Å². The Bertz CT molecular complexity index is 451. The van der Waals surface area contributed by atoms with Gasteiger partial charge in [0.05, 0.1) is 11.9 Å². The minimum Gasteiger partial charge on any atom is -0.378 e. The van der Waals surface area contributed by atoms with Crippen LogP contribution in [0.4, 0.5) is 5.69 Å². The fourth-order valence-electron chi connectivity index (χ4n) is 1.35. The SMILES string of the molecule is Cn1cc(NCc2ccccc2Br)cn1. The Kier molecular flexibility index (Phi) is 3.06. The van der Waals surface area contributed by atoms with E-state index in [2.05, 4.69) is 32.4 Å². The number of nitrogens with one attached hydrogen (secondary N) is 1. The third-order valence-electron chi connectivity index (χ3n) is 2.15. The zero-order valence-electron chi connectivity index (χ0n) is 8.44. The van der Waals surface area contributed by atoms with Crippen molar-refractivity contribution < 1.29 is 0 Å². The predicted molar refractivity (Wildman–Crippen MR) is 64.7 cm³/mol. The average molecular weight is 266 g/mol. The highest BCUT2D eigenvalue weighted by molar-refractivity contribution is 9.10. The molecule has 1 heterocycles. The molecule has 0 aliphatic carbocycles. The zero-order valence-corrected chi connectivity index (χ0v) is 10.0. The maximum absolute atomic E-state index is 4.09. The van der Waals surface area contributed by atoms with Crippen LogP contribution in [0.3, 0.4) is 0 Å². The van der Waals surface area contributed by atoms with Crippen LogP contribution >= 0.6 is 15.9 Å². The number of rotatable bonds is 3. The minimum absolute atomic E-state index is 0.799. The number of hydrogen-bond donors (Lipinski definition) is 1. The molecule has 15 heavy (non-hydrogen) atoms. The predicted octanol–water partition coefficient (Wildman–Crippen LogP) is 2.79. The number of aryl methyl sites for hydroxylation is 1. The molecule has 0 fully saturated rings. The van der Waals surface area contributed by atoms with Gasteiger partial charge in [-0.25, -0.2) is 0 Å². The summed E-state index contributed by atoms with van der Waals surface area (Å²) >= 11 is 3.51. The Balaban J connectivity index is 2.02. The molecule has 0 spiro atoms. The van der Waals surface area contributed by atoms with Gasteiger partial charge in [-0.3, -0.25) is 4.68 Å². The first-order chi connectivity index (χ1) is 7.25. The number of nitrogens with zero attached hydrogens (tertiary/aromatic N) is 2. The standard InChI is InChI=1S/C11H12BrN3/c1-15-8-10(7-14-15)13-6-9-4-2-3-5-11(9)12/h2-5,7-8,13H,6H2,1H3. The van der Waals surface area contributed by atoms with Crippen molar-refractivity contribution in [3.63, 3.8) is 0 Å². The highest BCUT2D eigenvalue weighted by Crippen LogP contribution is 2.17. The lowest BCUT2D eigenvalue weighted by Gasteiger charge is -2.05. The van der Waals surface area contributed by atoms with Crippen LogP contribution in [0, 0.1) is 0 Å². The number of hydrogen-bond acceptors (Lipinski definition) is 2. The molecule has 1 aromatic carbocycles. The highest BCUT2D eigenvalue weighted by Gasteiger charge is 1.99. The van der Waals surface area contributed by atoms with Gasteiger partial charge < -0.3 is 5.32 Å². The molecule has 0 atom stereocenters. The van der Waals surface area contributed by atoms with E-state index < -0.39 is 0 Å². The summed E-state index contributed by atoms with van der Waals surface area (Å²) in [5, 5.41) is 7.40. The van der Waals surface area contributed by atoms with E-state index >= 15 is 0 Å². The van der Waals surface area contributed by atoms with E-state index in [9.17, 15) is 0 Å². The number of benzene rings is 1. The first-order valence-electron chi connectivity index (χ1n) is 4.71. The van der Waals surface area contributed by atoms with Crippen molar-refractivity contribution >= 4 is 21.6 Å². The normalized spacial score (nSPS) is 10.3. The maximum atomic E-state index is 4.09. The Morgan fingerprint density at radius 2 is 2.20 bits per heavy atom. The van der Waals surface area contributed by atoms with E-state index in [1.54, 1.807) is 4.68 Å². The van der Waals surface area contributed by atoms with Crippen LogP contribution in [0.5, 0.6) is 0 Å². The van der Waals surface area contributed by atoms with E-state index in [4.69, 9.17) is 0 Å². The van der Waals surface area contributed by atoms with Crippen LogP contribution in [-0.2, 0) is 13.6 Å². The Morgan fingerprint density at radius 1 is 1.40 bits per heavy atom. The summed E-state index contributed by atoms with van der Waals surface area (Å²) in [5.41, 5.74) is 2.27. The van der Waals surface area contributed by atoms with Crippen LogP contribution in [0.1, 0.15) is 5.56 Å². The molecule has 1 aromatic heterocycles. The lowest BCUT2D eigenvalue weighted by Crippen LogP contribution is -1.98. The second-order valence-electron chi connectivity index (χ2n) is 3.35. The van der Waals surface area contributed by atoms with Gasteiger partial charge in [0.1, 0.15) is 0 Å². The van der Waals surface area contributed by atoms with Gasteiger partial charge in [0.25, 0.3) is 0 Å². The molecule has 0 saturated carbocycles. The van der Waals surface area contributed by atoms with Crippen molar-refractivity contribution in [2.45, 2.75) is 6.54 Å². The summed E-state index contributed by atoms with van der Waals surface area (Å²) in [4.78, 5) is 0. The molecule has 0 bridgehead atoms. The third kappa shape index (κ3) is 2.59. The van der Waals surface area contributed by atoms with Crippen LogP contribution in [0.25, 0.3) is 0 Å². The molecule has 4 heteroatoms. The van der Waals surface area contributed by atoms with Crippen molar-refractivity contribution in [1.82, 2.24) is 9.78 Å². The van der Waals surface area contributed by atoms with Crippen LogP contribution in [0.15, 0.2) is 41.1 Å². The Hall–Kier alpha value is -1.29. The molecule has 0 saturated heterocycles. The molecule has 2 aromatic rings. The van der Waals surface area contributed by atoms with E-state index in [0.717, 1.165) is 16.7 Å². The quantitative estimate of drug-likeness (QED) is 0.925. The Morgan fingerprint density at radius 3 is 2.87 bits per heavy atom. The second kappa shape index (κ2) is 4.49. The van der Waals surface area contributed by atoms with Crippen molar-refractivity contribution in [2.75, 3.05) is 5.32 Å². The first kappa shape index (κ1) is 10.2. The van der Waals surface area contributed by atoms with E-state index in [1.165, 1.54) is 5.56 Å². The zero-order chi connectivity index (χ0) is 10.7. The van der Waals surface area contributed by atoms with Crippen LogP contribution in [0.2, 0.25) is 0 Å². The fraction of sp³-hybridized carbons (Fsp3) is 0.182. The lowest BCUT2D eigenvalue weighted by atomic mass is 10.2. The number of halogens is 1. The summed E-state index contributed by atoms with van der Waals surface area (Å²) < 4.78 is 2.91. The fourth-order valence-corrected chi connectivity index (χ4v) is 1.78. The van der Waals surface area contributed by atoms with E-state index in [1.807, 2.05) is 37.6 Å². The Labute approximate surface area is 97.2 Å². The molecule has 0 aliphatic rings. The largest absolute Gasteiger partial charge is 0.378 e. The second-order valence-corrected chi connectivity index (χ2v) is 4.20. The highest BCUT2D eigenvalue weighted by atomic mass is 79.9. The van der Waals surface area contributed by atoms with E-state index in [-0.39, 0.29) is 0 Å². The molecule has 78 valence electrons. The van der Waals surface area contributed by atoms with Gasteiger partial charge in [-0.1, -0.05) is 34.1 Å². The van der Waals surface area contributed by atoms with Crippen molar-refractivity contribution in [3.8, 4) is 0 Å². The molecular formula is C11H12BrN3. The van der Waals surface area contributed by atoms with Crippen molar-refractivity contribution in [2.24, 2.45) is 7.05 Å². The van der Waals surface area contributed by atoms with Gasteiger partial charge in [-0.15, -0.1) is 0 Å². The molecule has 0 radical (unpaired) electrons.